The van der Waals surface area contributed by atoms with Gasteiger partial charge in [0.25, 0.3) is 0 Å². The summed E-state index contributed by atoms with van der Waals surface area (Å²) < 4.78 is 0. The van der Waals surface area contributed by atoms with Crippen LogP contribution in [0.15, 0.2) is 0 Å². The highest BCUT2D eigenvalue weighted by atomic mass is 16.2. The van der Waals surface area contributed by atoms with Crippen molar-refractivity contribution in [3.63, 3.8) is 0 Å². The number of urea groups is 1. The first kappa shape index (κ1) is 10.7. The van der Waals surface area contributed by atoms with Gasteiger partial charge in [0, 0.05) is 7.05 Å². The summed E-state index contributed by atoms with van der Waals surface area (Å²) in [6, 6.07) is -0.655. The first-order chi connectivity index (χ1) is 6.31. The SMILES string of the molecule is CC(C)C1(C)C(=O)NC(=O)N(C)C1=O. The number of barbiturate groups is 1. The second-order valence-electron chi connectivity index (χ2n) is 3.98. The molecule has 14 heavy (non-hydrogen) atoms. The van der Waals surface area contributed by atoms with Crippen LogP contribution in [0.25, 0.3) is 0 Å². The molecule has 1 atom stereocenters. The third kappa shape index (κ3) is 1.20. The molecule has 0 saturated carbocycles. The molecule has 1 saturated heterocycles. The average molecular weight is 198 g/mol. The number of imide groups is 2. The molecule has 0 bridgehead atoms. The molecule has 5 nitrogen and oxygen atoms in total. The number of carbonyl (C=O) groups is 3. The summed E-state index contributed by atoms with van der Waals surface area (Å²) in [5.74, 6) is -1.10. The Labute approximate surface area is 82.4 Å². The van der Waals surface area contributed by atoms with Gasteiger partial charge in [-0.05, 0) is 12.8 Å². The van der Waals surface area contributed by atoms with Crippen LogP contribution in [0.1, 0.15) is 20.8 Å². The maximum absolute atomic E-state index is 11.8. The van der Waals surface area contributed by atoms with E-state index in [1.807, 2.05) is 0 Å². The lowest BCUT2D eigenvalue weighted by Gasteiger charge is -2.37. The molecule has 0 spiro atoms. The molecule has 0 aromatic rings. The monoisotopic (exact) mass is 198 g/mol. The highest BCUT2D eigenvalue weighted by molar-refractivity contribution is 6.18. The molecule has 5 heteroatoms. The third-order valence-corrected chi connectivity index (χ3v) is 2.90. The molecule has 1 aliphatic heterocycles. The van der Waals surface area contributed by atoms with Gasteiger partial charge in [-0.3, -0.25) is 19.8 Å². The molecule has 0 aromatic carbocycles. The van der Waals surface area contributed by atoms with Crippen molar-refractivity contribution >= 4 is 17.8 Å². The Morgan fingerprint density at radius 2 is 1.79 bits per heavy atom. The van der Waals surface area contributed by atoms with Crippen LogP contribution in [-0.2, 0) is 9.59 Å². The van der Waals surface area contributed by atoms with Gasteiger partial charge in [0.1, 0.15) is 5.41 Å². The molecule has 1 rings (SSSR count). The number of nitrogens with zero attached hydrogens (tertiary/aromatic N) is 1. The lowest BCUT2D eigenvalue weighted by Crippen LogP contribution is -2.63. The zero-order valence-electron chi connectivity index (χ0n) is 8.75. The van der Waals surface area contributed by atoms with E-state index in [4.69, 9.17) is 0 Å². The van der Waals surface area contributed by atoms with Crippen LogP contribution in [0.3, 0.4) is 0 Å². The Bertz CT molecular complexity index is 311. The van der Waals surface area contributed by atoms with Crippen molar-refractivity contribution < 1.29 is 14.4 Å². The lowest BCUT2D eigenvalue weighted by molar-refractivity contribution is -0.152. The summed E-state index contributed by atoms with van der Waals surface area (Å²) in [6.07, 6.45) is 0. The van der Waals surface area contributed by atoms with Crippen molar-refractivity contribution in [3.05, 3.63) is 0 Å². The van der Waals surface area contributed by atoms with Crippen molar-refractivity contribution in [2.45, 2.75) is 20.8 Å². The van der Waals surface area contributed by atoms with Crippen LogP contribution < -0.4 is 5.32 Å². The Balaban J connectivity index is 3.13. The zero-order chi connectivity index (χ0) is 11.1. The van der Waals surface area contributed by atoms with E-state index in [2.05, 4.69) is 5.32 Å². The molecular weight excluding hydrogens is 184 g/mol. The van der Waals surface area contributed by atoms with Crippen molar-refractivity contribution in [2.24, 2.45) is 11.3 Å². The number of hydrogen-bond donors (Lipinski definition) is 1. The molecule has 0 aliphatic carbocycles. The standard InChI is InChI=1S/C9H14N2O3/c1-5(2)9(3)6(12)10-8(14)11(4)7(9)13/h5H,1-4H3,(H,10,12,14). The van der Waals surface area contributed by atoms with Crippen LogP contribution in [0.4, 0.5) is 4.79 Å². The van der Waals surface area contributed by atoms with Crippen LogP contribution in [-0.4, -0.2) is 29.8 Å². The van der Waals surface area contributed by atoms with Crippen molar-refractivity contribution in [3.8, 4) is 0 Å². The maximum atomic E-state index is 11.8. The minimum atomic E-state index is -1.14. The highest BCUT2D eigenvalue weighted by Gasteiger charge is 2.51. The van der Waals surface area contributed by atoms with Gasteiger partial charge in [-0.25, -0.2) is 4.79 Å². The topological polar surface area (TPSA) is 66.5 Å². The smallest absolute Gasteiger partial charge is 0.277 e. The number of rotatable bonds is 1. The normalized spacial score (nSPS) is 28.4. The van der Waals surface area contributed by atoms with Crippen molar-refractivity contribution in [2.75, 3.05) is 7.05 Å². The number of nitrogens with one attached hydrogen (secondary N) is 1. The molecule has 0 radical (unpaired) electrons. The summed E-state index contributed by atoms with van der Waals surface area (Å²) in [6.45, 7) is 5.11. The van der Waals surface area contributed by atoms with E-state index in [0.29, 0.717) is 0 Å². The Morgan fingerprint density at radius 1 is 1.29 bits per heavy atom. The zero-order valence-corrected chi connectivity index (χ0v) is 8.75. The first-order valence-electron chi connectivity index (χ1n) is 4.45. The van der Waals surface area contributed by atoms with Gasteiger partial charge in [-0.1, -0.05) is 13.8 Å². The first-order valence-corrected chi connectivity index (χ1v) is 4.45. The van der Waals surface area contributed by atoms with Gasteiger partial charge in [0.2, 0.25) is 11.8 Å². The summed E-state index contributed by atoms with van der Waals surface area (Å²) in [5, 5.41) is 2.16. The second kappa shape index (κ2) is 3.08. The fourth-order valence-corrected chi connectivity index (χ4v) is 1.36. The van der Waals surface area contributed by atoms with Crippen LogP contribution in [0, 0.1) is 11.3 Å². The van der Waals surface area contributed by atoms with E-state index in [1.165, 1.54) is 7.05 Å². The van der Waals surface area contributed by atoms with E-state index in [1.54, 1.807) is 20.8 Å². The van der Waals surface area contributed by atoms with E-state index >= 15 is 0 Å². The summed E-state index contributed by atoms with van der Waals surface area (Å²) in [4.78, 5) is 35.3. The molecule has 1 unspecified atom stereocenters. The van der Waals surface area contributed by atoms with Crippen LogP contribution in [0.5, 0.6) is 0 Å². The van der Waals surface area contributed by atoms with E-state index in [-0.39, 0.29) is 5.92 Å². The molecule has 1 fully saturated rings. The third-order valence-electron chi connectivity index (χ3n) is 2.90. The van der Waals surface area contributed by atoms with Gasteiger partial charge >= 0.3 is 6.03 Å². The molecule has 78 valence electrons. The van der Waals surface area contributed by atoms with Gasteiger partial charge < -0.3 is 0 Å². The van der Waals surface area contributed by atoms with Gasteiger partial charge in [0.15, 0.2) is 0 Å². The van der Waals surface area contributed by atoms with Gasteiger partial charge in [-0.2, -0.15) is 0 Å². The van der Waals surface area contributed by atoms with E-state index < -0.39 is 23.3 Å². The Kier molecular flexibility index (Phi) is 2.35. The molecule has 4 amide bonds. The summed E-state index contributed by atoms with van der Waals surface area (Å²) in [5.41, 5.74) is -1.14. The second-order valence-corrected chi connectivity index (χ2v) is 3.98. The van der Waals surface area contributed by atoms with Crippen LogP contribution >= 0.6 is 0 Å². The fraction of sp³-hybridized carbons (Fsp3) is 0.667. The van der Waals surface area contributed by atoms with Crippen molar-refractivity contribution in [1.29, 1.82) is 0 Å². The molecule has 1 heterocycles. The number of hydrogen-bond acceptors (Lipinski definition) is 3. The number of carbonyl (C=O) groups excluding carboxylic acids is 3. The predicted octanol–water partition coefficient (Wildman–Crippen LogP) is 0.357. The Morgan fingerprint density at radius 3 is 2.21 bits per heavy atom. The molecule has 1 N–H and O–H groups in total. The largest absolute Gasteiger partial charge is 0.330 e. The number of amides is 4. The molecular formula is C9H14N2O3. The minimum Gasteiger partial charge on any atom is -0.277 e. The minimum absolute atomic E-state index is 0.148. The van der Waals surface area contributed by atoms with E-state index in [0.717, 1.165) is 4.90 Å². The maximum Gasteiger partial charge on any atom is 0.330 e. The quantitative estimate of drug-likeness (QED) is 0.618. The molecule has 0 aromatic heterocycles. The Hall–Kier alpha value is -1.39. The van der Waals surface area contributed by atoms with Gasteiger partial charge in [0.05, 0.1) is 0 Å². The molecule has 1 aliphatic rings. The lowest BCUT2D eigenvalue weighted by atomic mass is 9.76. The van der Waals surface area contributed by atoms with Gasteiger partial charge in [-0.15, -0.1) is 0 Å². The van der Waals surface area contributed by atoms with Crippen LogP contribution in [0.2, 0.25) is 0 Å². The summed E-state index contributed by atoms with van der Waals surface area (Å²) >= 11 is 0. The summed E-state index contributed by atoms with van der Waals surface area (Å²) in [7, 11) is 1.37. The van der Waals surface area contributed by atoms with E-state index in [9.17, 15) is 14.4 Å². The predicted molar refractivity (Wildman–Crippen MR) is 49.3 cm³/mol. The average Bonchev–Trinajstić information content (AvgIpc) is 2.11. The van der Waals surface area contributed by atoms with Crippen molar-refractivity contribution in [1.82, 2.24) is 10.2 Å². The fourth-order valence-electron chi connectivity index (χ4n) is 1.36. The highest BCUT2D eigenvalue weighted by Crippen LogP contribution is 2.31.